The highest BCUT2D eigenvalue weighted by Gasteiger charge is 2.30. The largest absolute Gasteiger partial charge is 0.434 e. The summed E-state index contributed by atoms with van der Waals surface area (Å²) in [6, 6.07) is 13.2. The highest BCUT2D eigenvalue weighted by molar-refractivity contribution is 7.92. The van der Waals surface area contributed by atoms with Gasteiger partial charge in [0.05, 0.1) is 16.2 Å². The van der Waals surface area contributed by atoms with Crippen molar-refractivity contribution in [3.63, 3.8) is 0 Å². The number of sulfonamides is 1. The average molecular weight is 399 g/mol. The maximum Gasteiger partial charge on any atom is 0.340 e. The molecule has 4 rings (SSSR count). The number of carbonyl (C=O) groups excluding carboxylic acids is 1. The van der Waals surface area contributed by atoms with Crippen LogP contribution in [0.2, 0.25) is 0 Å². The number of fused-ring (bicyclic) bond motifs is 1. The Hall–Kier alpha value is -3.33. The van der Waals surface area contributed by atoms with Gasteiger partial charge in [-0.1, -0.05) is 23.4 Å². The number of anilines is 2. The van der Waals surface area contributed by atoms with Crippen molar-refractivity contribution in [2.24, 2.45) is 0 Å². The lowest BCUT2D eigenvalue weighted by molar-refractivity contribution is 0.0437. The predicted octanol–water partition coefficient (Wildman–Crippen LogP) is 3.37. The van der Waals surface area contributed by atoms with Gasteiger partial charge in [-0.25, -0.2) is 17.9 Å². The van der Waals surface area contributed by atoms with Gasteiger partial charge in [-0.2, -0.15) is 0 Å². The van der Waals surface area contributed by atoms with Crippen LogP contribution in [0.1, 0.15) is 33.4 Å². The highest BCUT2D eigenvalue weighted by atomic mass is 32.2. The van der Waals surface area contributed by atoms with Crippen molar-refractivity contribution in [3.8, 4) is 0 Å². The molecule has 2 aromatic carbocycles. The minimum atomic E-state index is -3.82. The summed E-state index contributed by atoms with van der Waals surface area (Å²) in [5, 5.41) is 6.82. The van der Waals surface area contributed by atoms with Crippen LogP contribution in [0.3, 0.4) is 0 Å². The van der Waals surface area contributed by atoms with Crippen molar-refractivity contribution in [1.29, 1.82) is 0 Å². The maximum absolute atomic E-state index is 12.5. The molecule has 1 aliphatic heterocycles. The van der Waals surface area contributed by atoms with E-state index in [0.717, 1.165) is 5.56 Å². The van der Waals surface area contributed by atoms with Crippen molar-refractivity contribution >= 4 is 27.6 Å². The summed E-state index contributed by atoms with van der Waals surface area (Å²) in [6.45, 7) is 3.45. The van der Waals surface area contributed by atoms with Crippen LogP contribution >= 0.6 is 0 Å². The fourth-order valence-electron chi connectivity index (χ4n) is 2.83. The molecule has 1 atom stereocenters. The molecular weight excluding hydrogens is 382 g/mol. The number of hydrogen-bond donors (Lipinski definition) is 2. The zero-order chi connectivity index (χ0) is 19.9. The SMILES string of the molecule is Cc1noc(NS(=O)(=O)c2ccc(N[C@H]3OC(=O)c4ccccc43)cc2)c1C. The minimum Gasteiger partial charge on any atom is -0.434 e. The second-order valence-corrected chi connectivity index (χ2v) is 8.05. The van der Waals surface area contributed by atoms with Gasteiger partial charge in [-0.15, -0.1) is 0 Å². The first-order valence-corrected chi connectivity index (χ1v) is 9.96. The molecule has 2 N–H and O–H groups in total. The predicted molar refractivity (Wildman–Crippen MR) is 101 cm³/mol. The van der Waals surface area contributed by atoms with Gasteiger partial charge in [-0.05, 0) is 44.2 Å². The second-order valence-electron chi connectivity index (χ2n) is 6.37. The highest BCUT2D eigenvalue weighted by Crippen LogP contribution is 2.31. The molecule has 0 aliphatic carbocycles. The van der Waals surface area contributed by atoms with Crippen molar-refractivity contribution < 1.29 is 22.5 Å². The van der Waals surface area contributed by atoms with E-state index in [9.17, 15) is 13.2 Å². The van der Waals surface area contributed by atoms with Crippen LogP contribution in [-0.4, -0.2) is 19.5 Å². The summed E-state index contributed by atoms with van der Waals surface area (Å²) < 4.78 is 37.8. The Morgan fingerprint density at radius 3 is 2.43 bits per heavy atom. The zero-order valence-corrected chi connectivity index (χ0v) is 15.9. The van der Waals surface area contributed by atoms with Gasteiger partial charge >= 0.3 is 5.97 Å². The molecule has 1 aromatic heterocycles. The van der Waals surface area contributed by atoms with E-state index in [4.69, 9.17) is 9.26 Å². The van der Waals surface area contributed by atoms with E-state index in [0.29, 0.717) is 22.5 Å². The molecule has 3 aromatic rings. The van der Waals surface area contributed by atoms with Crippen LogP contribution in [-0.2, 0) is 14.8 Å². The normalized spacial score (nSPS) is 15.8. The Labute approximate surface area is 161 Å². The van der Waals surface area contributed by atoms with E-state index in [-0.39, 0.29) is 10.8 Å². The Bertz CT molecular complexity index is 1150. The Kier molecular flexibility index (Phi) is 4.31. The van der Waals surface area contributed by atoms with Gasteiger partial charge in [0.1, 0.15) is 0 Å². The number of aryl methyl sites for hydroxylation is 1. The minimum absolute atomic E-state index is 0.0651. The van der Waals surface area contributed by atoms with Gasteiger partial charge in [-0.3, -0.25) is 0 Å². The molecule has 1 aliphatic rings. The van der Waals surface area contributed by atoms with E-state index < -0.39 is 22.2 Å². The standard InChI is InChI=1S/C19H17N3O5S/c1-11-12(2)21-27-17(11)22-28(24,25)14-9-7-13(8-10-14)20-18-15-5-3-4-6-16(15)19(23)26-18/h3-10,18,20,22H,1-2H3/t18-/m0/s1. The van der Waals surface area contributed by atoms with E-state index in [2.05, 4.69) is 15.2 Å². The Morgan fingerprint density at radius 2 is 1.75 bits per heavy atom. The third-order valence-electron chi connectivity index (χ3n) is 4.53. The van der Waals surface area contributed by atoms with Crippen LogP contribution in [0.4, 0.5) is 11.6 Å². The molecule has 0 saturated heterocycles. The van der Waals surface area contributed by atoms with Crippen molar-refractivity contribution in [3.05, 3.63) is 70.9 Å². The number of cyclic esters (lactones) is 1. The number of esters is 1. The molecule has 0 spiro atoms. The van der Waals surface area contributed by atoms with Crippen LogP contribution in [0.25, 0.3) is 0 Å². The van der Waals surface area contributed by atoms with Crippen molar-refractivity contribution in [1.82, 2.24) is 5.16 Å². The number of nitrogens with zero attached hydrogens (tertiary/aromatic N) is 1. The third-order valence-corrected chi connectivity index (χ3v) is 5.88. The average Bonchev–Trinajstić information content (AvgIpc) is 3.16. The lowest BCUT2D eigenvalue weighted by Crippen LogP contribution is -2.14. The Balaban J connectivity index is 1.51. The molecule has 9 heteroatoms. The first-order valence-electron chi connectivity index (χ1n) is 8.47. The lowest BCUT2D eigenvalue weighted by atomic mass is 10.1. The number of aromatic nitrogens is 1. The smallest absolute Gasteiger partial charge is 0.340 e. The molecule has 0 unspecified atom stereocenters. The maximum atomic E-state index is 12.5. The number of hydrogen-bond acceptors (Lipinski definition) is 7. The molecule has 2 heterocycles. The molecule has 0 saturated carbocycles. The number of rotatable bonds is 5. The molecule has 144 valence electrons. The van der Waals surface area contributed by atoms with Gasteiger partial charge in [0, 0.05) is 16.8 Å². The number of benzene rings is 2. The summed E-state index contributed by atoms with van der Waals surface area (Å²) in [5.74, 6) is -0.302. The first-order chi connectivity index (χ1) is 13.3. The number of nitrogens with one attached hydrogen (secondary N) is 2. The molecule has 8 nitrogen and oxygen atoms in total. The topological polar surface area (TPSA) is 111 Å². The summed E-state index contributed by atoms with van der Waals surface area (Å²) >= 11 is 0. The third kappa shape index (κ3) is 3.20. The van der Waals surface area contributed by atoms with Gasteiger partial charge in [0.25, 0.3) is 10.0 Å². The van der Waals surface area contributed by atoms with E-state index in [1.54, 1.807) is 38.1 Å². The summed E-state index contributed by atoms with van der Waals surface area (Å²) in [4.78, 5) is 12.0. The van der Waals surface area contributed by atoms with Crippen LogP contribution < -0.4 is 10.0 Å². The van der Waals surface area contributed by atoms with Gasteiger partial charge in [0.2, 0.25) is 12.1 Å². The van der Waals surface area contributed by atoms with Gasteiger partial charge < -0.3 is 14.6 Å². The number of carbonyl (C=O) groups is 1. The zero-order valence-electron chi connectivity index (χ0n) is 15.1. The molecular formula is C19H17N3O5S. The van der Waals surface area contributed by atoms with E-state index in [1.165, 1.54) is 12.1 Å². The summed E-state index contributed by atoms with van der Waals surface area (Å²) in [6.07, 6.45) is -0.621. The van der Waals surface area contributed by atoms with Crippen molar-refractivity contribution in [2.45, 2.75) is 25.0 Å². The monoisotopic (exact) mass is 399 g/mol. The first kappa shape index (κ1) is 18.1. The molecule has 28 heavy (non-hydrogen) atoms. The van der Waals surface area contributed by atoms with E-state index >= 15 is 0 Å². The van der Waals surface area contributed by atoms with Gasteiger partial charge in [0.15, 0.2) is 0 Å². The van der Waals surface area contributed by atoms with Crippen LogP contribution in [0.15, 0.2) is 57.9 Å². The quantitative estimate of drug-likeness (QED) is 0.633. The molecule has 0 amide bonds. The molecule has 0 bridgehead atoms. The number of ether oxygens (including phenoxy) is 1. The molecule has 0 fully saturated rings. The Morgan fingerprint density at radius 1 is 1.04 bits per heavy atom. The fourth-order valence-corrected chi connectivity index (χ4v) is 3.87. The van der Waals surface area contributed by atoms with Crippen molar-refractivity contribution in [2.75, 3.05) is 10.0 Å². The van der Waals surface area contributed by atoms with Crippen LogP contribution in [0, 0.1) is 13.8 Å². The van der Waals surface area contributed by atoms with E-state index in [1.807, 2.05) is 12.1 Å². The lowest BCUT2D eigenvalue weighted by Gasteiger charge is -2.14. The summed E-state index contributed by atoms with van der Waals surface area (Å²) in [5.41, 5.74) is 3.11. The molecule has 0 radical (unpaired) electrons. The van der Waals surface area contributed by atoms with Crippen LogP contribution in [0.5, 0.6) is 0 Å². The second kappa shape index (κ2) is 6.68. The summed E-state index contributed by atoms with van der Waals surface area (Å²) in [7, 11) is -3.82. The fraction of sp³-hybridized carbons (Fsp3) is 0.158.